The van der Waals surface area contributed by atoms with Crippen LogP contribution >= 0.6 is 0 Å². The lowest BCUT2D eigenvalue weighted by Gasteiger charge is -2.18. The van der Waals surface area contributed by atoms with E-state index >= 15 is 0 Å². The smallest absolute Gasteiger partial charge is 0.326 e. The maximum atomic E-state index is 11.8. The van der Waals surface area contributed by atoms with Crippen LogP contribution in [-0.4, -0.2) is 57.9 Å². The van der Waals surface area contributed by atoms with Gasteiger partial charge in [-0.25, -0.2) is 14.4 Å². The molecule has 26 heavy (non-hydrogen) atoms. The molecule has 0 fully saturated rings. The first-order valence-corrected chi connectivity index (χ1v) is 7.81. The van der Waals surface area contributed by atoms with E-state index in [0.29, 0.717) is 19.4 Å². The van der Waals surface area contributed by atoms with Crippen molar-refractivity contribution in [3.05, 3.63) is 18.1 Å². The Morgan fingerprint density at radius 2 is 1.50 bits per heavy atom. The Balaban J connectivity index is 4.43. The van der Waals surface area contributed by atoms with Gasteiger partial charge in [-0.05, 0) is 25.7 Å². The summed E-state index contributed by atoms with van der Waals surface area (Å²) in [5, 5.41) is 33.7. The van der Waals surface area contributed by atoms with E-state index < -0.39 is 42.4 Å². The van der Waals surface area contributed by atoms with Crippen LogP contribution in [-0.2, 0) is 14.4 Å². The number of nitrogens with two attached hydrogens (primary N) is 1. The minimum Gasteiger partial charge on any atom is -0.481 e. The zero-order valence-corrected chi connectivity index (χ0v) is 14.2. The monoisotopic (exact) mass is 372 g/mol. The standard InChI is InChI=1S/C15H24N4O7/c1-2-11(16)17-8-4-3-5-9(13(22)23)18-15(26)19-10(14(24)25)6-7-12(20)21/h9-10,17H,1,3-8,16H2,(H,20,21)(H,22,23)(H,24,25)(H2,18,19,26)/t9-,10-/m0/s1. The van der Waals surface area contributed by atoms with E-state index in [9.17, 15) is 19.2 Å². The summed E-state index contributed by atoms with van der Waals surface area (Å²) in [6.45, 7) is 3.82. The van der Waals surface area contributed by atoms with Crippen molar-refractivity contribution in [2.24, 2.45) is 5.73 Å². The molecule has 146 valence electrons. The molecule has 0 saturated heterocycles. The van der Waals surface area contributed by atoms with Gasteiger partial charge in [0.25, 0.3) is 0 Å². The summed E-state index contributed by atoms with van der Waals surface area (Å²) >= 11 is 0. The minimum absolute atomic E-state index is 0.120. The lowest BCUT2D eigenvalue weighted by atomic mass is 10.1. The van der Waals surface area contributed by atoms with E-state index in [1.165, 1.54) is 0 Å². The Labute approximate surface area is 149 Å². The van der Waals surface area contributed by atoms with Gasteiger partial charge in [-0.15, -0.1) is 0 Å². The number of carboxylic acid groups (broad SMARTS) is 3. The van der Waals surface area contributed by atoms with Crippen molar-refractivity contribution in [2.45, 2.75) is 44.2 Å². The molecule has 0 radical (unpaired) electrons. The van der Waals surface area contributed by atoms with Gasteiger partial charge in [-0.3, -0.25) is 4.79 Å². The number of aliphatic carboxylic acids is 3. The summed E-state index contributed by atoms with van der Waals surface area (Å²) in [6.07, 6.45) is 0.380. The minimum atomic E-state index is -1.43. The Kier molecular flexibility index (Phi) is 10.7. The van der Waals surface area contributed by atoms with Gasteiger partial charge in [0, 0.05) is 13.0 Å². The highest BCUT2D eigenvalue weighted by Crippen LogP contribution is 2.03. The van der Waals surface area contributed by atoms with Crippen molar-refractivity contribution >= 4 is 23.9 Å². The lowest BCUT2D eigenvalue weighted by Crippen LogP contribution is -2.51. The van der Waals surface area contributed by atoms with Crippen LogP contribution in [0.25, 0.3) is 0 Å². The van der Waals surface area contributed by atoms with E-state index in [1.807, 2.05) is 0 Å². The van der Waals surface area contributed by atoms with Crippen molar-refractivity contribution in [1.29, 1.82) is 0 Å². The fourth-order valence-electron chi connectivity index (χ4n) is 1.90. The van der Waals surface area contributed by atoms with Gasteiger partial charge in [0.15, 0.2) is 0 Å². The predicted octanol–water partition coefficient (Wildman–Crippen LogP) is -0.598. The van der Waals surface area contributed by atoms with Crippen LogP contribution in [0.5, 0.6) is 0 Å². The first kappa shape index (κ1) is 22.8. The van der Waals surface area contributed by atoms with Gasteiger partial charge in [0.1, 0.15) is 17.9 Å². The summed E-state index contributed by atoms with van der Waals surface area (Å²) < 4.78 is 0. The molecule has 0 aromatic carbocycles. The summed E-state index contributed by atoms with van der Waals surface area (Å²) in [6, 6.07) is -3.64. The number of hydrogen-bond acceptors (Lipinski definition) is 6. The van der Waals surface area contributed by atoms with E-state index in [1.54, 1.807) is 0 Å². The van der Waals surface area contributed by atoms with E-state index in [-0.39, 0.29) is 18.7 Å². The predicted molar refractivity (Wildman–Crippen MR) is 90.1 cm³/mol. The summed E-state index contributed by atoms with van der Waals surface area (Å²) in [4.78, 5) is 44.5. The first-order chi connectivity index (χ1) is 12.2. The quantitative estimate of drug-likeness (QED) is 0.163. The average molecular weight is 372 g/mol. The van der Waals surface area contributed by atoms with Gasteiger partial charge in [0.2, 0.25) is 0 Å². The molecule has 0 saturated carbocycles. The topological polar surface area (TPSA) is 191 Å². The number of rotatable bonds is 13. The number of urea groups is 1. The second kappa shape index (κ2) is 12.2. The van der Waals surface area contributed by atoms with Crippen LogP contribution in [0.1, 0.15) is 32.1 Å². The molecule has 0 aliphatic heterocycles. The van der Waals surface area contributed by atoms with Gasteiger partial charge in [-0.1, -0.05) is 12.3 Å². The van der Waals surface area contributed by atoms with Gasteiger partial charge in [0.05, 0.1) is 0 Å². The molecule has 0 bridgehead atoms. The highest BCUT2D eigenvalue weighted by Gasteiger charge is 2.24. The Morgan fingerprint density at radius 3 is 1.96 bits per heavy atom. The van der Waals surface area contributed by atoms with Crippen LogP contribution < -0.4 is 21.7 Å². The Bertz CT molecular complexity index is 572. The first-order valence-electron chi connectivity index (χ1n) is 7.81. The van der Waals surface area contributed by atoms with Crippen molar-refractivity contribution < 1.29 is 34.5 Å². The second-order valence-electron chi connectivity index (χ2n) is 5.34. The third-order valence-electron chi connectivity index (χ3n) is 3.28. The molecule has 0 aliphatic carbocycles. The Hall–Kier alpha value is -3.20. The van der Waals surface area contributed by atoms with Gasteiger partial charge >= 0.3 is 23.9 Å². The molecule has 0 aromatic heterocycles. The summed E-state index contributed by atoms with van der Waals surface area (Å²) in [7, 11) is 0. The maximum Gasteiger partial charge on any atom is 0.326 e. The number of nitrogens with one attached hydrogen (secondary N) is 3. The second-order valence-corrected chi connectivity index (χ2v) is 5.34. The number of carbonyl (C=O) groups excluding carboxylic acids is 1. The van der Waals surface area contributed by atoms with E-state index in [2.05, 4.69) is 28.3 Å². The fraction of sp³-hybridized carbons (Fsp3) is 0.533. The third-order valence-corrected chi connectivity index (χ3v) is 3.28. The largest absolute Gasteiger partial charge is 0.481 e. The van der Waals surface area contributed by atoms with E-state index in [4.69, 9.17) is 21.1 Å². The molecule has 11 heteroatoms. The van der Waals surface area contributed by atoms with E-state index in [0.717, 1.165) is 0 Å². The van der Waals surface area contributed by atoms with Crippen molar-refractivity contribution in [3.8, 4) is 0 Å². The summed E-state index contributed by atoms with van der Waals surface area (Å²) in [5.74, 6) is -3.61. The summed E-state index contributed by atoms with van der Waals surface area (Å²) in [5.41, 5.74) is 7.87. The average Bonchev–Trinajstić information content (AvgIpc) is 2.56. The molecule has 2 atom stereocenters. The zero-order chi connectivity index (χ0) is 20.1. The Morgan fingerprint density at radius 1 is 0.962 bits per heavy atom. The SMILES string of the molecule is C=C=C(N)NCCCC[C@H](NC(=O)N[C@@H](CCC(=O)O)C(=O)O)C(=O)O. The highest BCUT2D eigenvalue weighted by molar-refractivity contribution is 5.86. The molecule has 8 N–H and O–H groups in total. The van der Waals surface area contributed by atoms with Crippen molar-refractivity contribution in [2.75, 3.05) is 6.54 Å². The van der Waals surface area contributed by atoms with Crippen molar-refractivity contribution in [1.82, 2.24) is 16.0 Å². The molecule has 0 aromatic rings. The molecular formula is C15H24N4O7. The zero-order valence-electron chi connectivity index (χ0n) is 14.2. The fourth-order valence-corrected chi connectivity index (χ4v) is 1.90. The molecular weight excluding hydrogens is 348 g/mol. The van der Waals surface area contributed by atoms with Crippen LogP contribution in [0.3, 0.4) is 0 Å². The number of carbonyl (C=O) groups is 4. The van der Waals surface area contributed by atoms with Crippen LogP contribution in [0, 0.1) is 0 Å². The number of hydrogen-bond donors (Lipinski definition) is 7. The highest BCUT2D eigenvalue weighted by atomic mass is 16.4. The third kappa shape index (κ3) is 10.6. The normalized spacial score (nSPS) is 12.2. The van der Waals surface area contributed by atoms with Gasteiger partial charge in [-0.2, -0.15) is 0 Å². The molecule has 0 heterocycles. The van der Waals surface area contributed by atoms with Gasteiger partial charge < -0.3 is 37.0 Å². The van der Waals surface area contributed by atoms with Crippen LogP contribution in [0.15, 0.2) is 18.1 Å². The molecule has 0 aliphatic rings. The van der Waals surface area contributed by atoms with Crippen LogP contribution in [0.4, 0.5) is 4.79 Å². The maximum absolute atomic E-state index is 11.8. The lowest BCUT2D eigenvalue weighted by molar-refractivity contribution is -0.140. The number of amides is 2. The van der Waals surface area contributed by atoms with Crippen molar-refractivity contribution in [3.63, 3.8) is 0 Å². The number of carboxylic acids is 3. The number of unbranched alkanes of at least 4 members (excludes halogenated alkanes) is 1. The molecule has 0 unspecified atom stereocenters. The molecule has 2 amide bonds. The molecule has 11 nitrogen and oxygen atoms in total. The molecule has 0 spiro atoms. The van der Waals surface area contributed by atoms with Crippen LogP contribution in [0.2, 0.25) is 0 Å². The molecule has 0 rings (SSSR count).